The van der Waals surface area contributed by atoms with Gasteiger partial charge in [0.15, 0.2) is 9.84 Å². The van der Waals surface area contributed by atoms with Crippen LogP contribution in [0.2, 0.25) is 0 Å². The van der Waals surface area contributed by atoms with Gasteiger partial charge in [0.25, 0.3) is 0 Å². The molecule has 2 rings (SSSR count). The van der Waals surface area contributed by atoms with Gasteiger partial charge in [-0.1, -0.05) is 32.4 Å². The van der Waals surface area contributed by atoms with Crippen molar-refractivity contribution in [2.24, 2.45) is 5.92 Å². The average molecular weight is 309 g/mol. The first-order chi connectivity index (χ1) is 9.79. The van der Waals surface area contributed by atoms with Crippen molar-refractivity contribution in [2.45, 2.75) is 44.3 Å². The van der Waals surface area contributed by atoms with E-state index in [0.29, 0.717) is 18.8 Å². The number of rotatable bonds is 4. The van der Waals surface area contributed by atoms with Gasteiger partial charge in [0.05, 0.1) is 11.2 Å². The smallest absolute Gasteiger partial charge is 0.228 e. The molecule has 0 radical (unpaired) electrons. The minimum atomic E-state index is -3.17. The number of hydrogen-bond acceptors (Lipinski definition) is 3. The predicted octanol–water partition coefficient (Wildman–Crippen LogP) is 2.96. The van der Waals surface area contributed by atoms with Gasteiger partial charge in [0.2, 0.25) is 5.91 Å². The van der Waals surface area contributed by atoms with Crippen molar-refractivity contribution in [1.82, 2.24) is 0 Å². The van der Waals surface area contributed by atoms with E-state index >= 15 is 0 Å². The second kappa shape index (κ2) is 6.18. The standard InChI is InChI=1S/C16H23NO3S/c1-11(2)12-7-9-13(10-8-12)17-16(18)14-5-4-6-15(14)21(3,19)20/h7-11,14-15H,4-6H2,1-3H3,(H,17,18). The molecule has 1 saturated carbocycles. The number of sulfone groups is 1. The second-order valence-electron chi connectivity index (χ2n) is 6.17. The molecule has 0 aromatic heterocycles. The van der Waals surface area contributed by atoms with Crippen molar-refractivity contribution >= 4 is 21.4 Å². The van der Waals surface area contributed by atoms with Crippen LogP contribution in [-0.2, 0) is 14.6 Å². The summed E-state index contributed by atoms with van der Waals surface area (Å²) in [6.07, 6.45) is 3.25. The summed E-state index contributed by atoms with van der Waals surface area (Å²) in [4.78, 5) is 12.3. The highest BCUT2D eigenvalue weighted by atomic mass is 32.2. The lowest BCUT2D eigenvalue weighted by Gasteiger charge is -2.17. The van der Waals surface area contributed by atoms with E-state index in [1.807, 2.05) is 24.3 Å². The van der Waals surface area contributed by atoms with Crippen LogP contribution < -0.4 is 5.32 Å². The first-order valence-electron chi connectivity index (χ1n) is 7.38. The molecule has 21 heavy (non-hydrogen) atoms. The minimum absolute atomic E-state index is 0.180. The highest BCUT2D eigenvalue weighted by Crippen LogP contribution is 2.32. The van der Waals surface area contributed by atoms with Crippen LogP contribution >= 0.6 is 0 Å². The van der Waals surface area contributed by atoms with E-state index in [4.69, 9.17) is 0 Å². The van der Waals surface area contributed by atoms with E-state index in [0.717, 1.165) is 12.1 Å². The van der Waals surface area contributed by atoms with E-state index in [-0.39, 0.29) is 5.91 Å². The molecule has 2 atom stereocenters. The molecular formula is C16H23NO3S. The second-order valence-corrected chi connectivity index (χ2v) is 8.44. The SMILES string of the molecule is CC(C)c1ccc(NC(=O)C2CCCC2S(C)(=O)=O)cc1. The third-order valence-electron chi connectivity index (χ3n) is 4.18. The van der Waals surface area contributed by atoms with Crippen LogP contribution in [0.1, 0.15) is 44.6 Å². The zero-order valence-electron chi connectivity index (χ0n) is 12.8. The number of benzene rings is 1. The summed E-state index contributed by atoms with van der Waals surface area (Å²) < 4.78 is 23.5. The highest BCUT2D eigenvalue weighted by molar-refractivity contribution is 7.91. The Morgan fingerprint density at radius 1 is 1.19 bits per heavy atom. The Morgan fingerprint density at radius 2 is 1.81 bits per heavy atom. The molecule has 0 heterocycles. The molecule has 1 N–H and O–H groups in total. The van der Waals surface area contributed by atoms with Gasteiger partial charge in [-0.2, -0.15) is 0 Å². The van der Waals surface area contributed by atoms with Gasteiger partial charge in [-0.15, -0.1) is 0 Å². The van der Waals surface area contributed by atoms with Gasteiger partial charge < -0.3 is 5.32 Å². The van der Waals surface area contributed by atoms with Crippen LogP contribution in [0.25, 0.3) is 0 Å². The molecule has 0 bridgehead atoms. The first-order valence-corrected chi connectivity index (χ1v) is 9.34. The molecule has 1 amide bonds. The summed E-state index contributed by atoms with van der Waals surface area (Å²) in [5.41, 5.74) is 1.94. The monoisotopic (exact) mass is 309 g/mol. The van der Waals surface area contributed by atoms with Gasteiger partial charge in [-0.3, -0.25) is 4.79 Å². The molecule has 4 nitrogen and oxygen atoms in total. The summed E-state index contributed by atoms with van der Waals surface area (Å²) >= 11 is 0. The Labute approximate surface area is 126 Å². The fraction of sp³-hybridized carbons (Fsp3) is 0.562. The lowest BCUT2D eigenvalue weighted by atomic mass is 10.0. The maximum Gasteiger partial charge on any atom is 0.228 e. The molecule has 1 aliphatic rings. The lowest BCUT2D eigenvalue weighted by Crippen LogP contribution is -2.33. The van der Waals surface area contributed by atoms with Crippen molar-refractivity contribution in [3.05, 3.63) is 29.8 Å². The zero-order chi connectivity index (χ0) is 15.6. The summed E-state index contributed by atoms with van der Waals surface area (Å²) in [6.45, 7) is 4.23. The van der Waals surface area contributed by atoms with Crippen LogP contribution in [0, 0.1) is 5.92 Å². The third-order valence-corrected chi connectivity index (χ3v) is 5.85. The Morgan fingerprint density at radius 3 is 2.33 bits per heavy atom. The van der Waals surface area contributed by atoms with Crippen molar-refractivity contribution in [1.29, 1.82) is 0 Å². The molecule has 0 spiro atoms. The van der Waals surface area contributed by atoms with Gasteiger partial charge in [-0.05, 0) is 36.5 Å². The quantitative estimate of drug-likeness (QED) is 0.930. The van der Waals surface area contributed by atoms with Gasteiger partial charge in [0, 0.05) is 11.9 Å². The maximum atomic E-state index is 12.3. The molecule has 2 unspecified atom stereocenters. The summed E-state index contributed by atoms with van der Waals surface area (Å²) in [5.74, 6) is -0.163. The van der Waals surface area contributed by atoms with E-state index in [1.54, 1.807) is 0 Å². The van der Waals surface area contributed by atoms with Crippen LogP contribution in [0.15, 0.2) is 24.3 Å². The Balaban J connectivity index is 2.07. The molecule has 116 valence electrons. The van der Waals surface area contributed by atoms with Crippen LogP contribution in [0.4, 0.5) is 5.69 Å². The van der Waals surface area contributed by atoms with Crippen molar-refractivity contribution in [2.75, 3.05) is 11.6 Å². The van der Waals surface area contributed by atoms with Crippen LogP contribution in [0.3, 0.4) is 0 Å². The van der Waals surface area contributed by atoms with Gasteiger partial charge >= 0.3 is 0 Å². The highest BCUT2D eigenvalue weighted by Gasteiger charge is 2.39. The fourth-order valence-corrected chi connectivity index (χ4v) is 4.38. The number of carbonyl (C=O) groups excluding carboxylic acids is 1. The molecule has 0 saturated heterocycles. The molecule has 1 aliphatic carbocycles. The molecule has 1 aromatic rings. The van der Waals surface area contributed by atoms with Gasteiger partial charge in [0.1, 0.15) is 0 Å². The van der Waals surface area contributed by atoms with Gasteiger partial charge in [-0.25, -0.2) is 8.42 Å². The normalized spacial score (nSPS) is 22.5. The Hall–Kier alpha value is -1.36. The molecule has 5 heteroatoms. The van der Waals surface area contributed by atoms with Crippen molar-refractivity contribution < 1.29 is 13.2 Å². The lowest BCUT2D eigenvalue weighted by molar-refractivity contribution is -0.119. The van der Waals surface area contributed by atoms with Crippen molar-refractivity contribution in [3.8, 4) is 0 Å². The number of nitrogens with one attached hydrogen (secondary N) is 1. The number of anilines is 1. The first kappa shape index (κ1) is 16.0. The van der Waals surface area contributed by atoms with E-state index < -0.39 is 21.0 Å². The Bertz CT molecular complexity index is 605. The Kier molecular flexibility index (Phi) is 4.71. The topological polar surface area (TPSA) is 63.2 Å². The minimum Gasteiger partial charge on any atom is -0.326 e. The summed E-state index contributed by atoms with van der Waals surface area (Å²) in [7, 11) is -3.17. The molecule has 1 fully saturated rings. The number of amides is 1. The third kappa shape index (κ3) is 3.84. The summed E-state index contributed by atoms with van der Waals surface area (Å²) in [5, 5.41) is 2.31. The predicted molar refractivity (Wildman–Crippen MR) is 85.1 cm³/mol. The largest absolute Gasteiger partial charge is 0.326 e. The van der Waals surface area contributed by atoms with Crippen molar-refractivity contribution in [3.63, 3.8) is 0 Å². The number of hydrogen-bond donors (Lipinski definition) is 1. The van der Waals surface area contributed by atoms with Crippen LogP contribution in [0.5, 0.6) is 0 Å². The van der Waals surface area contributed by atoms with E-state index in [1.165, 1.54) is 11.8 Å². The average Bonchev–Trinajstić information content (AvgIpc) is 2.88. The fourth-order valence-electron chi connectivity index (χ4n) is 2.92. The van der Waals surface area contributed by atoms with E-state index in [9.17, 15) is 13.2 Å². The maximum absolute atomic E-state index is 12.3. The summed E-state index contributed by atoms with van der Waals surface area (Å²) in [6, 6.07) is 7.72. The molecule has 0 aliphatic heterocycles. The zero-order valence-corrected chi connectivity index (χ0v) is 13.6. The van der Waals surface area contributed by atoms with E-state index in [2.05, 4.69) is 19.2 Å². The molecule has 1 aromatic carbocycles. The number of carbonyl (C=O) groups is 1. The van der Waals surface area contributed by atoms with Crippen LogP contribution in [-0.4, -0.2) is 25.8 Å². The molecular weight excluding hydrogens is 286 g/mol.